The van der Waals surface area contributed by atoms with Gasteiger partial charge in [-0.2, -0.15) is 8.42 Å². The van der Waals surface area contributed by atoms with Crippen molar-refractivity contribution in [1.82, 2.24) is 5.32 Å². The molecule has 1 aliphatic rings. The minimum absolute atomic E-state index is 0.0944. The van der Waals surface area contributed by atoms with Crippen molar-refractivity contribution in [2.24, 2.45) is 0 Å². The molecule has 0 fully saturated rings. The van der Waals surface area contributed by atoms with Crippen molar-refractivity contribution in [2.45, 2.75) is 12.1 Å². The predicted molar refractivity (Wildman–Crippen MR) is 69.8 cm³/mol. The lowest BCUT2D eigenvalue weighted by Crippen LogP contribution is -2.45. The monoisotopic (exact) mass is 279 g/mol. The van der Waals surface area contributed by atoms with E-state index in [0.29, 0.717) is 11.1 Å². The standard InChI is InChI=1S/C13H13NO4S/c1-3-8-14-13(18-19(2,16)17)9-12(15)10-6-4-5-7-11(10)13/h1,4-7,14H,8-9H2,2H3. The topological polar surface area (TPSA) is 72.5 Å². The van der Waals surface area contributed by atoms with Gasteiger partial charge in [-0.1, -0.05) is 30.2 Å². The number of terminal acetylenes is 1. The van der Waals surface area contributed by atoms with Crippen LogP contribution in [-0.2, 0) is 20.0 Å². The van der Waals surface area contributed by atoms with Crippen LogP contribution in [-0.4, -0.2) is 27.0 Å². The zero-order valence-corrected chi connectivity index (χ0v) is 11.2. The summed E-state index contributed by atoms with van der Waals surface area (Å²) in [6, 6.07) is 6.74. The third kappa shape index (κ3) is 2.68. The minimum atomic E-state index is -3.75. The minimum Gasteiger partial charge on any atom is -0.294 e. The Balaban J connectivity index is 2.52. The SMILES string of the molecule is C#CCNC1(OS(C)(=O)=O)CC(=O)c2ccccc21. The van der Waals surface area contributed by atoms with E-state index in [-0.39, 0.29) is 18.7 Å². The third-order valence-corrected chi connectivity index (χ3v) is 3.43. The number of benzene rings is 1. The number of rotatable bonds is 4. The highest BCUT2D eigenvalue weighted by Crippen LogP contribution is 2.38. The van der Waals surface area contributed by atoms with Crippen LogP contribution in [0.15, 0.2) is 24.3 Å². The quantitative estimate of drug-likeness (QED) is 0.497. The molecule has 0 aliphatic heterocycles. The second-order valence-corrected chi connectivity index (χ2v) is 5.89. The second kappa shape index (κ2) is 4.78. The van der Waals surface area contributed by atoms with Gasteiger partial charge in [-0.3, -0.25) is 10.1 Å². The van der Waals surface area contributed by atoms with Gasteiger partial charge in [-0.25, -0.2) is 4.18 Å². The van der Waals surface area contributed by atoms with Gasteiger partial charge in [-0.05, 0) is 0 Å². The van der Waals surface area contributed by atoms with Crippen LogP contribution in [0.25, 0.3) is 0 Å². The van der Waals surface area contributed by atoms with Crippen LogP contribution >= 0.6 is 0 Å². The van der Waals surface area contributed by atoms with Crippen LogP contribution in [0.1, 0.15) is 22.3 Å². The summed E-state index contributed by atoms with van der Waals surface area (Å²) in [4.78, 5) is 12.0. The summed E-state index contributed by atoms with van der Waals surface area (Å²) in [5.41, 5.74) is -0.440. The number of hydrogen-bond donors (Lipinski definition) is 1. The fraction of sp³-hybridized carbons (Fsp3) is 0.308. The zero-order valence-electron chi connectivity index (χ0n) is 10.3. The maximum Gasteiger partial charge on any atom is 0.266 e. The molecule has 0 aromatic heterocycles. The number of hydrogen-bond acceptors (Lipinski definition) is 5. The molecular weight excluding hydrogens is 266 g/mol. The Morgan fingerprint density at radius 2 is 2.16 bits per heavy atom. The Hall–Kier alpha value is -1.68. The highest BCUT2D eigenvalue weighted by molar-refractivity contribution is 7.86. The Morgan fingerprint density at radius 1 is 1.47 bits per heavy atom. The molecule has 6 heteroatoms. The number of fused-ring (bicyclic) bond motifs is 1. The van der Waals surface area contributed by atoms with Crippen LogP contribution < -0.4 is 5.32 Å². The fourth-order valence-corrected chi connectivity index (χ4v) is 2.93. The number of Topliss-reactive ketones (excluding diaryl/α,β-unsaturated/α-hetero) is 1. The van der Waals surface area contributed by atoms with Crippen molar-refractivity contribution in [3.8, 4) is 12.3 Å². The molecule has 100 valence electrons. The van der Waals surface area contributed by atoms with Crippen LogP contribution in [0, 0.1) is 12.3 Å². The molecule has 1 N–H and O–H groups in total. The number of carbonyl (C=O) groups excluding carboxylic acids is 1. The molecule has 1 aromatic rings. The molecule has 1 aromatic carbocycles. The van der Waals surface area contributed by atoms with Gasteiger partial charge < -0.3 is 0 Å². The molecule has 0 spiro atoms. The van der Waals surface area contributed by atoms with E-state index in [4.69, 9.17) is 10.6 Å². The fourth-order valence-electron chi connectivity index (χ4n) is 2.21. The lowest BCUT2D eigenvalue weighted by Gasteiger charge is -2.28. The van der Waals surface area contributed by atoms with Gasteiger partial charge in [0.25, 0.3) is 10.1 Å². The number of carbonyl (C=O) groups is 1. The highest BCUT2D eigenvalue weighted by Gasteiger charge is 2.46. The van der Waals surface area contributed by atoms with Crippen molar-refractivity contribution in [3.05, 3.63) is 35.4 Å². The maximum atomic E-state index is 12.0. The largest absolute Gasteiger partial charge is 0.294 e. The third-order valence-electron chi connectivity index (χ3n) is 2.84. The summed E-state index contributed by atoms with van der Waals surface area (Å²) in [6.07, 6.45) is 6.03. The zero-order chi connectivity index (χ0) is 14.1. The summed E-state index contributed by atoms with van der Waals surface area (Å²) in [5.74, 6) is 2.18. The van der Waals surface area contributed by atoms with Gasteiger partial charge in [0.15, 0.2) is 11.5 Å². The Morgan fingerprint density at radius 3 is 2.79 bits per heavy atom. The van der Waals surface area contributed by atoms with Crippen LogP contribution in [0.3, 0.4) is 0 Å². The molecule has 1 atom stereocenters. The van der Waals surface area contributed by atoms with E-state index in [2.05, 4.69) is 11.2 Å². The normalized spacial score (nSPS) is 22.0. The van der Waals surface area contributed by atoms with E-state index >= 15 is 0 Å². The molecule has 19 heavy (non-hydrogen) atoms. The predicted octanol–water partition coefficient (Wildman–Crippen LogP) is 0.625. The molecule has 0 saturated carbocycles. The van der Waals surface area contributed by atoms with E-state index in [1.54, 1.807) is 24.3 Å². The number of nitrogens with one attached hydrogen (secondary N) is 1. The summed E-state index contributed by atoms with van der Waals surface area (Å²) < 4.78 is 28.0. The Labute approximate surface area is 112 Å². The first-order chi connectivity index (χ1) is 8.88. The van der Waals surface area contributed by atoms with Gasteiger partial charge in [0.05, 0.1) is 19.2 Å². The van der Waals surface area contributed by atoms with Crippen molar-refractivity contribution in [3.63, 3.8) is 0 Å². The number of ketones is 1. The molecule has 5 nitrogen and oxygen atoms in total. The highest BCUT2D eigenvalue weighted by atomic mass is 32.2. The van der Waals surface area contributed by atoms with Crippen molar-refractivity contribution in [1.29, 1.82) is 0 Å². The molecule has 1 aliphatic carbocycles. The first-order valence-corrected chi connectivity index (χ1v) is 7.41. The molecule has 0 saturated heterocycles. The average molecular weight is 279 g/mol. The first-order valence-electron chi connectivity index (χ1n) is 5.60. The van der Waals surface area contributed by atoms with Gasteiger partial charge in [0.1, 0.15) is 0 Å². The summed E-state index contributed by atoms with van der Waals surface area (Å²) >= 11 is 0. The van der Waals surface area contributed by atoms with E-state index in [1.807, 2.05) is 0 Å². The second-order valence-electron chi connectivity index (χ2n) is 4.32. The van der Waals surface area contributed by atoms with Crippen molar-refractivity contribution < 1.29 is 17.4 Å². The molecule has 0 heterocycles. The molecule has 0 bridgehead atoms. The van der Waals surface area contributed by atoms with Crippen molar-refractivity contribution in [2.75, 3.05) is 12.8 Å². The lowest BCUT2D eigenvalue weighted by atomic mass is 10.1. The molecular formula is C13H13NO4S. The van der Waals surface area contributed by atoms with Crippen LogP contribution in [0.2, 0.25) is 0 Å². The van der Waals surface area contributed by atoms with E-state index in [1.165, 1.54) is 0 Å². The summed E-state index contributed by atoms with van der Waals surface area (Å²) in [5, 5.41) is 2.83. The Bertz CT molecular complexity index is 659. The van der Waals surface area contributed by atoms with Gasteiger partial charge in [0.2, 0.25) is 0 Å². The van der Waals surface area contributed by atoms with Gasteiger partial charge in [-0.15, -0.1) is 6.42 Å². The first kappa shape index (κ1) is 13.7. The van der Waals surface area contributed by atoms with E-state index in [9.17, 15) is 13.2 Å². The maximum absolute atomic E-state index is 12.0. The van der Waals surface area contributed by atoms with Crippen LogP contribution in [0.5, 0.6) is 0 Å². The van der Waals surface area contributed by atoms with Crippen molar-refractivity contribution >= 4 is 15.9 Å². The van der Waals surface area contributed by atoms with Crippen LogP contribution in [0.4, 0.5) is 0 Å². The average Bonchev–Trinajstić information content (AvgIpc) is 2.59. The van der Waals surface area contributed by atoms with Gasteiger partial charge >= 0.3 is 0 Å². The van der Waals surface area contributed by atoms with E-state index in [0.717, 1.165) is 6.26 Å². The molecule has 2 rings (SSSR count). The lowest BCUT2D eigenvalue weighted by molar-refractivity contribution is 0.0411. The smallest absolute Gasteiger partial charge is 0.266 e. The summed E-state index contributed by atoms with van der Waals surface area (Å²) in [6.45, 7) is 0.0944. The Kier molecular flexibility index (Phi) is 3.45. The molecule has 1 unspecified atom stereocenters. The van der Waals surface area contributed by atoms with Gasteiger partial charge in [0, 0.05) is 11.1 Å². The van der Waals surface area contributed by atoms with E-state index < -0.39 is 15.8 Å². The summed E-state index contributed by atoms with van der Waals surface area (Å²) in [7, 11) is -3.75. The molecule has 0 amide bonds. The molecule has 0 radical (unpaired) electrons.